The highest BCUT2D eigenvalue weighted by molar-refractivity contribution is 5.82. The van der Waals surface area contributed by atoms with E-state index in [-0.39, 0.29) is 0 Å². The summed E-state index contributed by atoms with van der Waals surface area (Å²) >= 11 is 0. The van der Waals surface area contributed by atoms with Gasteiger partial charge in [-0.1, -0.05) is 36.8 Å². The molecule has 6 rings (SSSR count). The second-order valence-electron chi connectivity index (χ2n) is 10.5. The quantitative estimate of drug-likeness (QED) is 0.531. The molecule has 0 radical (unpaired) electrons. The van der Waals surface area contributed by atoms with Gasteiger partial charge in [0.05, 0.1) is 0 Å². The zero-order valence-corrected chi connectivity index (χ0v) is 17.9. The van der Waals surface area contributed by atoms with Gasteiger partial charge in [0.25, 0.3) is 0 Å². The Hall–Kier alpha value is -2.22. The third kappa shape index (κ3) is 2.83. The topological polar surface area (TPSA) is 30.0 Å². The van der Waals surface area contributed by atoms with Crippen molar-refractivity contribution >= 4 is 16.6 Å². The Balaban J connectivity index is 1.33. The normalized spacial score (nSPS) is 35.7. The number of rotatable bonds is 1. The molecule has 0 saturated heterocycles. The molecule has 2 fully saturated rings. The zero-order chi connectivity index (χ0) is 20.3. The van der Waals surface area contributed by atoms with E-state index in [1.165, 1.54) is 48.4 Å². The van der Waals surface area contributed by atoms with Crippen LogP contribution in [-0.2, 0) is 4.79 Å². The summed E-state index contributed by atoms with van der Waals surface area (Å²) < 4.78 is 0. The van der Waals surface area contributed by atoms with E-state index in [0.29, 0.717) is 29.0 Å². The molecule has 2 nitrogen and oxygen atoms in total. The van der Waals surface area contributed by atoms with Crippen molar-refractivity contribution in [2.24, 2.45) is 23.2 Å². The summed E-state index contributed by atoms with van der Waals surface area (Å²) in [7, 11) is 0. The third-order valence-corrected chi connectivity index (χ3v) is 9.04. The van der Waals surface area contributed by atoms with Crippen LogP contribution in [0.5, 0.6) is 0 Å². The van der Waals surface area contributed by atoms with Gasteiger partial charge in [0.1, 0.15) is 5.78 Å². The number of benzene rings is 1. The summed E-state index contributed by atoms with van der Waals surface area (Å²) in [6, 6.07) is 9.16. The predicted molar refractivity (Wildman–Crippen MR) is 121 cm³/mol. The average molecular weight is 398 g/mol. The van der Waals surface area contributed by atoms with Crippen molar-refractivity contribution in [1.29, 1.82) is 0 Å². The fourth-order valence-electron chi connectivity index (χ4n) is 7.41. The summed E-state index contributed by atoms with van der Waals surface area (Å²) in [6.07, 6.45) is 17.8. The number of fused-ring (bicyclic) bond motifs is 5. The number of nitrogens with zero attached hydrogens (tertiary/aromatic N) is 1. The monoisotopic (exact) mass is 397 g/mol. The number of ketones is 1. The second kappa shape index (κ2) is 6.90. The Morgan fingerprint density at radius 3 is 2.90 bits per heavy atom. The number of carbonyl (C=O) groups is 1. The molecule has 4 unspecified atom stereocenters. The van der Waals surface area contributed by atoms with Crippen molar-refractivity contribution in [3.05, 3.63) is 65.5 Å². The van der Waals surface area contributed by atoms with E-state index in [9.17, 15) is 4.79 Å². The first-order chi connectivity index (χ1) is 14.6. The first-order valence-electron chi connectivity index (χ1n) is 11.9. The highest BCUT2D eigenvalue weighted by Crippen LogP contribution is 2.62. The van der Waals surface area contributed by atoms with Crippen molar-refractivity contribution in [1.82, 2.24) is 4.98 Å². The number of hydrogen-bond acceptors (Lipinski definition) is 2. The van der Waals surface area contributed by atoms with Gasteiger partial charge in [0.2, 0.25) is 0 Å². The van der Waals surface area contributed by atoms with Crippen LogP contribution in [0.1, 0.15) is 69.8 Å². The van der Waals surface area contributed by atoms with Crippen LogP contribution in [0, 0.1) is 23.2 Å². The summed E-state index contributed by atoms with van der Waals surface area (Å²) in [4.78, 5) is 16.4. The number of Topliss-reactive ketones (excluding diaryl/α,β-unsaturated/α-hetero) is 1. The second-order valence-corrected chi connectivity index (χ2v) is 10.5. The van der Waals surface area contributed by atoms with Crippen molar-refractivity contribution in [3.8, 4) is 0 Å². The lowest BCUT2D eigenvalue weighted by Crippen LogP contribution is -2.35. The third-order valence-electron chi connectivity index (χ3n) is 9.04. The SMILES string of the molecule is CC12CC=C3C=C4CCC(=O)CC4CCC3[C@@H]1CCC2c1ccc2ccncc2c1. The van der Waals surface area contributed by atoms with Crippen LogP contribution < -0.4 is 0 Å². The molecule has 2 aromatic rings. The largest absolute Gasteiger partial charge is 0.300 e. The van der Waals surface area contributed by atoms with Crippen LogP contribution in [0.15, 0.2) is 60.0 Å². The number of aromatic nitrogens is 1. The summed E-state index contributed by atoms with van der Waals surface area (Å²) in [6.45, 7) is 2.56. The van der Waals surface area contributed by atoms with Crippen molar-refractivity contribution in [2.75, 3.05) is 0 Å². The standard InChI is InChI=1S/C28H31NO/c1-28-12-10-21-14-19-4-6-24(30)16-20(19)5-7-25(21)27(28)9-8-26(28)22-3-2-18-11-13-29-17-23(18)15-22/h2-3,10-11,13-15,17,20,25-27H,4-9,12,16H2,1H3/t20?,25?,26?,27-,28?/m0/s1. The molecule has 2 heteroatoms. The summed E-state index contributed by atoms with van der Waals surface area (Å²) in [5.41, 5.74) is 5.02. The Labute approximate surface area is 179 Å². The minimum absolute atomic E-state index is 0.341. The molecular weight excluding hydrogens is 366 g/mol. The molecule has 0 aliphatic heterocycles. The van der Waals surface area contributed by atoms with Gasteiger partial charge in [0, 0.05) is 30.6 Å². The Morgan fingerprint density at radius 2 is 1.97 bits per heavy atom. The first kappa shape index (κ1) is 18.5. The minimum atomic E-state index is 0.341. The van der Waals surface area contributed by atoms with Gasteiger partial charge in [-0.3, -0.25) is 9.78 Å². The maximum Gasteiger partial charge on any atom is 0.133 e. The highest BCUT2D eigenvalue weighted by Gasteiger charge is 2.52. The van der Waals surface area contributed by atoms with Crippen LogP contribution in [0.25, 0.3) is 10.8 Å². The summed E-state index contributed by atoms with van der Waals surface area (Å²) in [5.74, 6) is 3.08. The molecule has 1 heterocycles. The van der Waals surface area contributed by atoms with E-state index in [1.807, 2.05) is 12.4 Å². The minimum Gasteiger partial charge on any atom is -0.300 e. The average Bonchev–Trinajstić information content (AvgIpc) is 3.00. The molecule has 0 N–H and O–H groups in total. The van der Waals surface area contributed by atoms with E-state index in [2.05, 4.69) is 48.3 Å². The molecule has 154 valence electrons. The Morgan fingerprint density at radius 1 is 1.03 bits per heavy atom. The Bertz CT molecular complexity index is 1080. The lowest BCUT2D eigenvalue weighted by atomic mass is 9.60. The molecule has 0 spiro atoms. The van der Waals surface area contributed by atoms with Gasteiger partial charge in [-0.05, 0) is 96.3 Å². The lowest BCUT2D eigenvalue weighted by molar-refractivity contribution is -0.120. The highest BCUT2D eigenvalue weighted by atomic mass is 16.1. The van der Waals surface area contributed by atoms with Crippen LogP contribution in [-0.4, -0.2) is 10.8 Å². The molecule has 30 heavy (non-hydrogen) atoms. The van der Waals surface area contributed by atoms with E-state index in [0.717, 1.165) is 25.2 Å². The fraction of sp³-hybridized carbons (Fsp3) is 0.500. The van der Waals surface area contributed by atoms with Gasteiger partial charge in [-0.15, -0.1) is 0 Å². The van der Waals surface area contributed by atoms with Crippen LogP contribution >= 0.6 is 0 Å². The number of carbonyl (C=O) groups excluding carboxylic acids is 1. The van der Waals surface area contributed by atoms with E-state index >= 15 is 0 Å². The van der Waals surface area contributed by atoms with Crippen molar-refractivity contribution in [3.63, 3.8) is 0 Å². The lowest BCUT2D eigenvalue weighted by Gasteiger charge is -2.44. The molecule has 0 amide bonds. The fourth-order valence-corrected chi connectivity index (χ4v) is 7.41. The number of pyridine rings is 1. The molecule has 2 saturated carbocycles. The molecule has 5 atom stereocenters. The number of hydrogen-bond donors (Lipinski definition) is 0. The van der Waals surface area contributed by atoms with Gasteiger partial charge in [0.15, 0.2) is 0 Å². The first-order valence-corrected chi connectivity index (χ1v) is 11.9. The zero-order valence-electron chi connectivity index (χ0n) is 17.9. The molecule has 4 aliphatic rings. The maximum atomic E-state index is 12.0. The van der Waals surface area contributed by atoms with E-state index < -0.39 is 0 Å². The maximum absolute atomic E-state index is 12.0. The molecule has 4 aliphatic carbocycles. The summed E-state index contributed by atoms with van der Waals surface area (Å²) in [5, 5.41) is 2.55. The smallest absolute Gasteiger partial charge is 0.133 e. The van der Waals surface area contributed by atoms with Gasteiger partial charge in [-0.2, -0.15) is 0 Å². The van der Waals surface area contributed by atoms with Gasteiger partial charge in [-0.25, -0.2) is 0 Å². The van der Waals surface area contributed by atoms with Crippen LogP contribution in [0.4, 0.5) is 0 Å². The van der Waals surface area contributed by atoms with E-state index in [4.69, 9.17) is 0 Å². The van der Waals surface area contributed by atoms with E-state index in [1.54, 1.807) is 11.1 Å². The van der Waals surface area contributed by atoms with Crippen molar-refractivity contribution in [2.45, 2.75) is 64.2 Å². The predicted octanol–water partition coefficient (Wildman–Crippen LogP) is 6.77. The number of allylic oxidation sites excluding steroid dienone is 4. The van der Waals surface area contributed by atoms with Crippen LogP contribution in [0.2, 0.25) is 0 Å². The molecule has 1 aromatic carbocycles. The van der Waals surface area contributed by atoms with Gasteiger partial charge >= 0.3 is 0 Å². The molecular formula is C28H31NO. The molecule has 1 aromatic heterocycles. The molecule has 0 bridgehead atoms. The van der Waals surface area contributed by atoms with Crippen LogP contribution in [0.3, 0.4) is 0 Å². The van der Waals surface area contributed by atoms with Crippen molar-refractivity contribution < 1.29 is 4.79 Å². The van der Waals surface area contributed by atoms with Gasteiger partial charge < -0.3 is 0 Å². The Kier molecular flexibility index (Phi) is 4.27.